The Bertz CT molecular complexity index is 156. The molecule has 0 aromatic carbocycles. The van der Waals surface area contributed by atoms with Gasteiger partial charge < -0.3 is 15.2 Å². The maximum atomic E-state index is 9.63. The summed E-state index contributed by atoms with van der Waals surface area (Å²) >= 11 is 1.96. The molecule has 0 amide bonds. The lowest BCUT2D eigenvalue weighted by Gasteiger charge is -2.18. The zero-order chi connectivity index (χ0) is 12.4. The lowest BCUT2D eigenvalue weighted by atomic mass is 10.2. The summed E-state index contributed by atoms with van der Waals surface area (Å²) in [7, 11) is 0. The highest BCUT2D eigenvalue weighted by atomic mass is 32.2. The molecule has 0 saturated carbocycles. The van der Waals surface area contributed by atoms with Crippen LogP contribution in [0, 0.1) is 0 Å². The second-order valence-electron chi connectivity index (χ2n) is 4.33. The first-order chi connectivity index (χ1) is 7.56. The van der Waals surface area contributed by atoms with Crippen LogP contribution in [0.3, 0.4) is 0 Å². The van der Waals surface area contributed by atoms with Gasteiger partial charge in [0.05, 0.1) is 18.8 Å². The van der Waals surface area contributed by atoms with Gasteiger partial charge in [0, 0.05) is 12.6 Å². The smallest absolute Gasteiger partial charge is 0.0897 e. The summed E-state index contributed by atoms with van der Waals surface area (Å²) in [5.41, 5.74) is 0. The van der Waals surface area contributed by atoms with Gasteiger partial charge in [0.2, 0.25) is 0 Å². The Kier molecular flexibility index (Phi) is 10.5. The topological polar surface area (TPSA) is 41.5 Å². The fourth-order valence-corrected chi connectivity index (χ4v) is 2.02. The SMILES string of the molecule is CCSCCC(C)NCC(O)COC(C)C. The van der Waals surface area contributed by atoms with E-state index in [1.165, 1.54) is 11.5 Å². The molecule has 0 rings (SSSR count). The Morgan fingerprint density at radius 3 is 2.56 bits per heavy atom. The molecular weight excluding hydrogens is 222 g/mol. The molecule has 0 aromatic rings. The van der Waals surface area contributed by atoms with Gasteiger partial charge in [0.1, 0.15) is 0 Å². The van der Waals surface area contributed by atoms with Crippen molar-refractivity contribution in [2.45, 2.75) is 52.4 Å². The summed E-state index contributed by atoms with van der Waals surface area (Å²) in [5.74, 6) is 2.36. The van der Waals surface area contributed by atoms with E-state index in [1.54, 1.807) is 0 Å². The zero-order valence-electron chi connectivity index (χ0n) is 11.0. The molecular formula is C12H27NO2S. The van der Waals surface area contributed by atoms with Crippen molar-refractivity contribution in [3.63, 3.8) is 0 Å². The number of hydrogen-bond donors (Lipinski definition) is 2. The maximum absolute atomic E-state index is 9.63. The fraction of sp³-hybridized carbons (Fsp3) is 1.00. The molecule has 0 fully saturated rings. The van der Waals surface area contributed by atoms with Gasteiger partial charge >= 0.3 is 0 Å². The van der Waals surface area contributed by atoms with E-state index in [-0.39, 0.29) is 6.10 Å². The highest BCUT2D eigenvalue weighted by Crippen LogP contribution is 2.03. The lowest BCUT2D eigenvalue weighted by Crippen LogP contribution is -2.36. The normalized spacial score (nSPS) is 15.4. The molecule has 2 N–H and O–H groups in total. The fourth-order valence-electron chi connectivity index (χ4n) is 1.21. The average Bonchev–Trinajstić information content (AvgIpc) is 2.24. The third-order valence-corrected chi connectivity index (χ3v) is 3.16. The van der Waals surface area contributed by atoms with Crippen LogP contribution >= 0.6 is 11.8 Å². The van der Waals surface area contributed by atoms with E-state index in [0.717, 1.165) is 6.42 Å². The number of hydrogen-bond acceptors (Lipinski definition) is 4. The predicted molar refractivity (Wildman–Crippen MR) is 72.2 cm³/mol. The Hall–Kier alpha value is 0.230. The highest BCUT2D eigenvalue weighted by Gasteiger charge is 2.07. The number of aliphatic hydroxyl groups excluding tert-OH is 1. The number of nitrogens with one attached hydrogen (secondary N) is 1. The van der Waals surface area contributed by atoms with Crippen LogP contribution in [0.2, 0.25) is 0 Å². The van der Waals surface area contributed by atoms with Crippen LogP contribution < -0.4 is 5.32 Å². The summed E-state index contributed by atoms with van der Waals surface area (Å²) in [5, 5.41) is 12.9. The van der Waals surface area contributed by atoms with E-state index in [0.29, 0.717) is 19.2 Å². The van der Waals surface area contributed by atoms with Crippen LogP contribution in [-0.2, 0) is 4.74 Å². The third kappa shape index (κ3) is 10.7. The van der Waals surface area contributed by atoms with Gasteiger partial charge in [-0.2, -0.15) is 11.8 Å². The van der Waals surface area contributed by atoms with Crippen molar-refractivity contribution in [3.05, 3.63) is 0 Å². The molecule has 2 atom stereocenters. The summed E-state index contributed by atoms with van der Waals surface area (Å²) in [6, 6.07) is 0.466. The van der Waals surface area contributed by atoms with Crippen LogP contribution in [0.25, 0.3) is 0 Å². The molecule has 0 aliphatic carbocycles. The molecule has 16 heavy (non-hydrogen) atoms. The standard InChI is InChI=1S/C12H27NO2S/c1-5-16-7-6-11(4)13-8-12(14)9-15-10(2)3/h10-14H,5-9H2,1-4H3. The third-order valence-electron chi connectivity index (χ3n) is 2.22. The van der Waals surface area contributed by atoms with Crippen LogP contribution in [0.1, 0.15) is 34.1 Å². The first-order valence-corrected chi connectivity index (χ1v) is 7.32. The minimum Gasteiger partial charge on any atom is -0.389 e. The quantitative estimate of drug-likeness (QED) is 0.580. The van der Waals surface area contributed by atoms with Gasteiger partial charge in [-0.3, -0.25) is 0 Å². The minimum absolute atomic E-state index is 0.188. The van der Waals surface area contributed by atoms with Crippen molar-refractivity contribution in [1.29, 1.82) is 0 Å². The van der Waals surface area contributed by atoms with Crippen molar-refractivity contribution in [3.8, 4) is 0 Å². The lowest BCUT2D eigenvalue weighted by molar-refractivity contribution is 0.00561. The summed E-state index contributed by atoms with van der Waals surface area (Å²) in [6.45, 7) is 9.32. The monoisotopic (exact) mass is 249 g/mol. The largest absolute Gasteiger partial charge is 0.389 e. The average molecular weight is 249 g/mol. The van der Waals surface area contributed by atoms with Gasteiger partial charge in [-0.1, -0.05) is 6.92 Å². The van der Waals surface area contributed by atoms with E-state index in [2.05, 4.69) is 19.2 Å². The molecule has 0 radical (unpaired) electrons. The van der Waals surface area contributed by atoms with Crippen molar-refractivity contribution in [2.24, 2.45) is 0 Å². The van der Waals surface area contributed by atoms with Gasteiger partial charge in [-0.25, -0.2) is 0 Å². The van der Waals surface area contributed by atoms with Crippen LogP contribution in [-0.4, -0.2) is 48.0 Å². The molecule has 0 heterocycles. The minimum atomic E-state index is -0.399. The summed E-state index contributed by atoms with van der Waals surface area (Å²) in [4.78, 5) is 0. The Balaban J connectivity index is 3.39. The van der Waals surface area contributed by atoms with Gasteiger partial charge in [-0.15, -0.1) is 0 Å². The van der Waals surface area contributed by atoms with Crippen LogP contribution in [0.15, 0.2) is 0 Å². The maximum Gasteiger partial charge on any atom is 0.0897 e. The van der Waals surface area contributed by atoms with Crippen molar-refractivity contribution >= 4 is 11.8 Å². The van der Waals surface area contributed by atoms with Gasteiger partial charge in [-0.05, 0) is 38.7 Å². The molecule has 0 spiro atoms. The highest BCUT2D eigenvalue weighted by molar-refractivity contribution is 7.99. The van der Waals surface area contributed by atoms with E-state index >= 15 is 0 Å². The number of ether oxygens (including phenoxy) is 1. The Morgan fingerprint density at radius 1 is 1.31 bits per heavy atom. The molecule has 0 bridgehead atoms. The van der Waals surface area contributed by atoms with E-state index in [9.17, 15) is 5.11 Å². The molecule has 0 aliphatic heterocycles. The summed E-state index contributed by atoms with van der Waals surface area (Å²) in [6.07, 6.45) is 0.938. The van der Waals surface area contributed by atoms with E-state index in [4.69, 9.17) is 4.74 Å². The molecule has 98 valence electrons. The molecule has 3 nitrogen and oxygen atoms in total. The van der Waals surface area contributed by atoms with Crippen LogP contribution in [0.4, 0.5) is 0 Å². The first-order valence-electron chi connectivity index (χ1n) is 6.17. The van der Waals surface area contributed by atoms with Crippen molar-refractivity contribution in [2.75, 3.05) is 24.7 Å². The molecule has 0 saturated heterocycles. The van der Waals surface area contributed by atoms with E-state index in [1.807, 2.05) is 25.6 Å². The van der Waals surface area contributed by atoms with Crippen molar-refractivity contribution in [1.82, 2.24) is 5.32 Å². The van der Waals surface area contributed by atoms with Gasteiger partial charge in [0.25, 0.3) is 0 Å². The molecule has 0 aliphatic rings. The Morgan fingerprint density at radius 2 is 2.00 bits per heavy atom. The Labute approximate surface area is 104 Å². The van der Waals surface area contributed by atoms with Gasteiger partial charge in [0.15, 0.2) is 0 Å². The zero-order valence-corrected chi connectivity index (χ0v) is 11.8. The molecule has 4 heteroatoms. The number of thioether (sulfide) groups is 1. The second-order valence-corrected chi connectivity index (χ2v) is 5.72. The van der Waals surface area contributed by atoms with Crippen LogP contribution in [0.5, 0.6) is 0 Å². The second kappa shape index (κ2) is 10.4. The summed E-state index contributed by atoms with van der Waals surface area (Å²) < 4.78 is 5.34. The molecule has 2 unspecified atom stereocenters. The van der Waals surface area contributed by atoms with Crippen molar-refractivity contribution < 1.29 is 9.84 Å². The first kappa shape index (κ1) is 16.2. The van der Waals surface area contributed by atoms with E-state index < -0.39 is 6.10 Å². The predicted octanol–water partition coefficient (Wildman–Crippen LogP) is 1.89. The number of rotatable bonds is 10. The number of aliphatic hydroxyl groups is 1. The molecule has 0 aromatic heterocycles.